The van der Waals surface area contributed by atoms with E-state index in [2.05, 4.69) is 5.32 Å². The second-order valence-corrected chi connectivity index (χ2v) is 5.02. The molecule has 1 aromatic carbocycles. The Morgan fingerprint density at radius 1 is 1.40 bits per heavy atom. The molecule has 0 aliphatic carbocycles. The molecule has 1 saturated heterocycles. The molecule has 0 bridgehead atoms. The number of likely N-dealkylation sites (N-methyl/N-ethyl adjacent to an activating group) is 1. The van der Waals surface area contributed by atoms with Crippen LogP contribution in [0.3, 0.4) is 0 Å². The molecule has 1 amide bonds. The normalized spacial score (nSPS) is 19.1. The number of hydrogen-bond acceptors (Lipinski definition) is 2. The van der Waals surface area contributed by atoms with Gasteiger partial charge in [0.05, 0.1) is 11.1 Å². The highest BCUT2D eigenvalue weighted by Gasteiger charge is 2.35. The Kier molecular flexibility index (Phi) is 4.32. The Labute approximate surface area is 115 Å². The number of halogens is 3. The number of benzene rings is 1. The van der Waals surface area contributed by atoms with Gasteiger partial charge in [-0.25, -0.2) is 0 Å². The molecular formula is C14H17F3N2O. The van der Waals surface area contributed by atoms with Crippen LogP contribution in [0.25, 0.3) is 0 Å². The second kappa shape index (κ2) is 5.83. The number of alkyl halides is 3. The van der Waals surface area contributed by atoms with Crippen LogP contribution in [0.4, 0.5) is 13.2 Å². The number of rotatable bonds is 3. The van der Waals surface area contributed by atoms with E-state index >= 15 is 0 Å². The standard InChI is InChI=1S/C14H17F3N2O/c1-19(9-10-5-4-8-18-10)13(20)11-6-2-3-7-12(11)14(15,16)17/h2-3,6-7,10,18H,4-5,8-9H2,1H3. The quantitative estimate of drug-likeness (QED) is 0.926. The molecule has 20 heavy (non-hydrogen) atoms. The molecule has 0 saturated carbocycles. The van der Waals surface area contributed by atoms with Gasteiger partial charge in [0.1, 0.15) is 0 Å². The highest BCUT2D eigenvalue weighted by molar-refractivity contribution is 5.95. The van der Waals surface area contributed by atoms with Gasteiger partial charge in [0, 0.05) is 19.6 Å². The summed E-state index contributed by atoms with van der Waals surface area (Å²) in [5.41, 5.74) is -1.17. The predicted octanol–water partition coefficient (Wildman–Crippen LogP) is 2.53. The van der Waals surface area contributed by atoms with Crippen molar-refractivity contribution in [3.63, 3.8) is 0 Å². The average Bonchev–Trinajstić information content (AvgIpc) is 2.89. The summed E-state index contributed by atoms with van der Waals surface area (Å²) < 4.78 is 38.7. The summed E-state index contributed by atoms with van der Waals surface area (Å²) in [6.45, 7) is 1.32. The first kappa shape index (κ1) is 14.8. The van der Waals surface area contributed by atoms with Gasteiger partial charge in [-0.2, -0.15) is 13.2 Å². The van der Waals surface area contributed by atoms with Crippen LogP contribution in [0.15, 0.2) is 24.3 Å². The first-order valence-corrected chi connectivity index (χ1v) is 6.54. The largest absolute Gasteiger partial charge is 0.417 e. The number of hydrogen-bond donors (Lipinski definition) is 1. The zero-order chi connectivity index (χ0) is 14.8. The summed E-state index contributed by atoms with van der Waals surface area (Å²) in [7, 11) is 1.54. The first-order chi connectivity index (χ1) is 9.39. The van der Waals surface area contributed by atoms with E-state index in [4.69, 9.17) is 0 Å². The zero-order valence-electron chi connectivity index (χ0n) is 11.2. The number of nitrogens with one attached hydrogen (secondary N) is 1. The molecule has 3 nitrogen and oxygen atoms in total. The summed E-state index contributed by atoms with van der Waals surface area (Å²) >= 11 is 0. The number of amides is 1. The summed E-state index contributed by atoms with van der Waals surface area (Å²) in [6, 6.07) is 5.07. The van der Waals surface area contributed by atoms with Crippen molar-refractivity contribution in [2.45, 2.75) is 25.1 Å². The maximum atomic E-state index is 12.9. The van der Waals surface area contributed by atoms with Gasteiger partial charge in [-0.05, 0) is 31.5 Å². The van der Waals surface area contributed by atoms with Crippen LogP contribution in [-0.4, -0.2) is 37.0 Å². The van der Waals surface area contributed by atoms with Crippen molar-refractivity contribution in [2.75, 3.05) is 20.1 Å². The summed E-state index contributed by atoms with van der Waals surface area (Å²) in [6.07, 6.45) is -2.54. The van der Waals surface area contributed by atoms with E-state index in [1.54, 1.807) is 0 Å². The number of nitrogens with zero attached hydrogens (tertiary/aromatic N) is 1. The van der Waals surface area contributed by atoms with Gasteiger partial charge in [0.2, 0.25) is 0 Å². The fourth-order valence-corrected chi connectivity index (χ4v) is 2.45. The minimum atomic E-state index is -4.52. The van der Waals surface area contributed by atoms with E-state index < -0.39 is 17.6 Å². The van der Waals surface area contributed by atoms with Gasteiger partial charge in [0.15, 0.2) is 0 Å². The van der Waals surface area contributed by atoms with E-state index in [0.29, 0.717) is 6.54 Å². The minimum absolute atomic E-state index is 0.169. The van der Waals surface area contributed by atoms with Crippen molar-refractivity contribution in [3.05, 3.63) is 35.4 Å². The molecule has 1 aromatic rings. The molecule has 1 unspecified atom stereocenters. The second-order valence-electron chi connectivity index (χ2n) is 5.02. The van der Waals surface area contributed by atoms with Crippen molar-refractivity contribution in [3.8, 4) is 0 Å². The van der Waals surface area contributed by atoms with E-state index in [1.165, 1.54) is 30.1 Å². The SMILES string of the molecule is CN(CC1CCCN1)C(=O)c1ccccc1C(F)(F)F. The minimum Gasteiger partial charge on any atom is -0.340 e. The molecule has 1 fully saturated rings. The van der Waals surface area contributed by atoms with Crippen LogP contribution in [0.1, 0.15) is 28.8 Å². The van der Waals surface area contributed by atoms with Crippen molar-refractivity contribution in [1.29, 1.82) is 0 Å². The third kappa shape index (κ3) is 3.30. The molecular weight excluding hydrogens is 269 g/mol. The van der Waals surface area contributed by atoms with E-state index in [0.717, 1.165) is 25.5 Å². The van der Waals surface area contributed by atoms with Gasteiger partial charge in [-0.15, -0.1) is 0 Å². The Morgan fingerprint density at radius 2 is 2.10 bits per heavy atom. The Hall–Kier alpha value is -1.56. The zero-order valence-corrected chi connectivity index (χ0v) is 11.2. The van der Waals surface area contributed by atoms with Crippen LogP contribution >= 0.6 is 0 Å². The molecule has 0 aromatic heterocycles. The fraction of sp³-hybridized carbons (Fsp3) is 0.500. The molecule has 1 atom stereocenters. The molecule has 1 heterocycles. The highest BCUT2D eigenvalue weighted by Crippen LogP contribution is 2.32. The van der Waals surface area contributed by atoms with Crippen molar-refractivity contribution >= 4 is 5.91 Å². The first-order valence-electron chi connectivity index (χ1n) is 6.54. The molecule has 1 aliphatic heterocycles. The summed E-state index contributed by atoms with van der Waals surface area (Å²) in [5.74, 6) is -0.591. The molecule has 0 radical (unpaired) electrons. The summed E-state index contributed by atoms with van der Waals surface area (Å²) in [5, 5.41) is 3.22. The van der Waals surface area contributed by atoms with Gasteiger partial charge < -0.3 is 10.2 Å². The molecule has 0 spiro atoms. The predicted molar refractivity (Wildman–Crippen MR) is 69.4 cm³/mol. The Morgan fingerprint density at radius 3 is 2.70 bits per heavy atom. The van der Waals surface area contributed by atoms with Crippen LogP contribution in [-0.2, 0) is 6.18 Å². The monoisotopic (exact) mass is 286 g/mol. The van der Waals surface area contributed by atoms with Crippen LogP contribution < -0.4 is 5.32 Å². The molecule has 6 heteroatoms. The maximum absolute atomic E-state index is 12.9. The van der Waals surface area contributed by atoms with E-state index in [-0.39, 0.29) is 11.6 Å². The number of carbonyl (C=O) groups excluding carboxylic acids is 1. The number of carbonyl (C=O) groups is 1. The van der Waals surface area contributed by atoms with Gasteiger partial charge in [-0.3, -0.25) is 4.79 Å². The topological polar surface area (TPSA) is 32.3 Å². The third-order valence-corrected chi connectivity index (χ3v) is 3.47. The molecule has 1 aliphatic rings. The van der Waals surface area contributed by atoms with Crippen LogP contribution in [0.5, 0.6) is 0 Å². The van der Waals surface area contributed by atoms with Gasteiger partial charge in [-0.1, -0.05) is 12.1 Å². The van der Waals surface area contributed by atoms with Crippen LogP contribution in [0.2, 0.25) is 0 Å². The van der Waals surface area contributed by atoms with E-state index in [9.17, 15) is 18.0 Å². The summed E-state index contributed by atoms with van der Waals surface area (Å²) in [4.78, 5) is 13.6. The lowest BCUT2D eigenvalue weighted by atomic mass is 10.1. The van der Waals surface area contributed by atoms with Crippen molar-refractivity contribution in [1.82, 2.24) is 10.2 Å². The lowest BCUT2D eigenvalue weighted by Crippen LogP contribution is -2.39. The molecule has 110 valence electrons. The lowest BCUT2D eigenvalue weighted by molar-refractivity contribution is -0.138. The van der Waals surface area contributed by atoms with E-state index in [1.807, 2.05) is 0 Å². The Balaban J connectivity index is 2.16. The molecule has 1 N–H and O–H groups in total. The van der Waals surface area contributed by atoms with Crippen molar-refractivity contribution < 1.29 is 18.0 Å². The lowest BCUT2D eigenvalue weighted by Gasteiger charge is -2.23. The van der Waals surface area contributed by atoms with Crippen molar-refractivity contribution in [2.24, 2.45) is 0 Å². The smallest absolute Gasteiger partial charge is 0.340 e. The molecule has 2 rings (SSSR count). The fourth-order valence-electron chi connectivity index (χ4n) is 2.45. The van der Waals surface area contributed by atoms with Gasteiger partial charge in [0.25, 0.3) is 5.91 Å². The third-order valence-electron chi connectivity index (χ3n) is 3.47. The van der Waals surface area contributed by atoms with Crippen LogP contribution in [0, 0.1) is 0 Å². The highest BCUT2D eigenvalue weighted by atomic mass is 19.4. The maximum Gasteiger partial charge on any atom is 0.417 e. The van der Waals surface area contributed by atoms with Gasteiger partial charge >= 0.3 is 6.18 Å². The average molecular weight is 286 g/mol. The Bertz CT molecular complexity index is 482.